The van der Waals surface area contributed by atoms with E-state index in [1.807, 2.05) is 27.7 Å². The first-order valence-corrected chi connectivity index (χ1v) is 5.33. The van der Waals surface area contributed by atoms with E-state index in [1.165, 1.54) is 6.33 Å². The van der Waals surface area contributed by atoms with Crippen LogP contribution in [0.4, 0.5) is 5.82 Å². The van der Waals surface area contributed by atoms with Crippen molar-refractivity contribution in [1.82, 2.24) is 9.97 Å². The van der Waals surface area contributed by atoms with Crippen LogP contribution in [0.5, 0.6) is 5.88 Å². The quantitative estimate of drug-likeness (QED) is 0.792. The van der Waals surface area contributed by atoms with E-state index in [9.17, 15) is 5.11 Å². The first kappa shape index (κ1) is 12.7. The van der Waals surface area contributed by atoms with Gasteiger partial charge in [0.05, 0.1) is 24.3 Å². The minimum atomic E-state index is -0.414. The molecule has 0 bridgehead atoms. The van der Waals surface area contributed by atoms with Gasteiger partial charge in [-0.25, -0.2) is 9.97 Å². The van der Waals surface area contributed by atoms with Crippen LogP contribution in [-0.2, 0) is 0 Å². The molecule has 0 aliphatic carbocycles. The summed E-state index contributed by atoms with van der Waals surface area (Å²) in [5.41, 5.74) is 0.439. The number of hydrogen-bond acceptors (Lipinski definition) is 5. The van der Waals surface area contributed by atoms with Crippen molar-refractivity contribution in [2.45, 2.75) is 33.2 Å². The number of aromatic nitrogens is 2. The number of rotatable bonds is 5. The lowest BCUT2D eigenvalue weighted by molar-refractivity contribution is 0.233. The average Bonchev–Trinajstić information content (AvgIpc) is 2.24. The minimum Gasteiger partial charge on any atom is -0.478 e. The van der Waals surface area contributed by atoms with E-state index in [0.717, 1.165) is 5.56 Å². The summed E-state index contributed by atoms with van der Waals surface area (Å²) in [5, 5.41) is 12.3. The van der Waals surface area contributed by atoms with Gasteiger partial charge < -0.3 is 15.2 Å². The molecule has 1 heterocycles. The van der Waals surface area contributed by atoms with Gasteiger partial charge in [0, 0.05) is 0 Å². The van der Waals surface area contributed by atoms with Crippen molar-refractivity contribution in [2.75, 3.05) is 18.5 Å². The van der Waals surface area contributed by atoms with E-state index in [2.05, 4.69) is 15.3 Å². The second-order valence-electron chi connectivity index (χ2n) is 4.25. The SMILES string of the molecule is CCOc1ncnc(NC(C)(C)CO)c1C. The van der Waals surface area contributed by atoms with Crippen molar-refractivity contribution in [2.24, 2.45) is 0 Å². The minimum absolute atomic E-state index is 0.0282. The molecule has 0 amide bonds. The van der Waals surface area contributed by atoms with Crippen LogP contribution in [-0.4, -0.2) is 33.8 Å². The predicted octanol–water partition coefficient (Wildman–Crippen LogP) is 1.37. The molecule has 0 aliphatic rings. The van der Waals surface area contributed by atoms with Gasteiger partial charge in [-0.2, -0.15) is 0 Å². The zero-order valence-electron chi connectivity index (χ0n) is 10.2. The van der Waals surface area contributed by atoms with Crippen molar-refractivity contribution >= 4 is 5.82 Å². The van der Waals surface area contributed by atoms with Gasteiger partial charge >= 0.3 is 0 Å². The molecule has 1 aromatic rings. The predicted molar refractivity (Wildman–Crippen MR) is 62.7 cm³/mol. The van der Waals surface area contributed by atoms with Gasteiger partial charge in [-0.3, -0.25) is 0 Å². The van der Waals surface area contributed by atoms with Crippen LogP contribution in [0.15, 0.2) is 6.33 Å². The molecule has 16 heavy (non-hydrogen) atoms. The van der Waals surface area contributed by atoms with Gasteiger partial charge in [-0.1, -0.05) is 0 Å². The third-order valence-corrected chi connectivity index (χ3v) is 2.17. The summed E-state index contributed by atoms with van der Waals surface area (Å²) >= 11 is 0. The maximum Gasteiger partial charge on any atom is 0.221 e. The van der Waals surface area contributed by atoms with Crippen LogP contribution in [0.3, 0.4) is 0 Å². The van der Waals surface area contributed by atoms with Gasteiger partial charge in [-0.05, 0) is 27.7 Å². The number of anilines is 1. The van der Waals surface area contributed by atoms with E-state index in [-0.39, 0.29) is 6.61 Å². The van der Waals surface area contributed by atoms with Crippen LogP contribution < -0.4 is 10.1 Å². The number of aliphatic hydroxyl groups excluding tert-OH is 1. The van der Waals surface area contributed by atoms with Crippen LogP contribution in [0.25, 0.3) is 0 Å². The molecule has 0 fully saturated rings. The maximum atomic E-state index is 9.18. The number of ether oxygens (including phenoxy) is 1. The van der Waals surface area contributed by atoms with Gasteiger partial charge in [0.15, 0.2) is 0 Å². The molecule has 0 spiro atoms. The molecule has 0 aliphatic heterocycles. The molecular weight excluding hydrogens is 206 g/mol. The van der Waals surface area contributed by atoms with Crippen LogP contribution >= 0.6 is 0 Å². The second-order valence-corrected chi connectivity index (χ2v) is 4.25. The summed E-state index contributed by atoms with van der Waals surface area (Å²) < 4.78 is 5.37. The van der Waals surface area contributed by atoms with Crippen molar-refractivity contribution in [1.29, 1.82) is 0 Å². The number of aliphatic hydroxyl groups is 1. The maximum absolute atomic E-state index is 9.18. The first-order chi connectivity index (χ1) is 7.50. The van der Waals surface area contributed by atoms with Crippen LogP contribution in [0, 0.1) is 6.92 Å². The van der Waals surface area contributed by atoms with Gasteiger partial charge in [0.25, 0.3) is 0 Å². The Hall–Kier alpha value is -1.36. The van der Waals surface area contributed by atoms with Crippen molar-refractivity contribution in [3.05, 3.63) is 11.9 Å². The third-order valence-electron chi connectivity index (χ3n) is 2.17. The van der Waals surface area contributed by atoms with E-state index >= 15 is 0 Å². The standard InChI is InChI=1S/C11H19N3O2/c1-5-16-10-8(2)9(12-7-13-10)14-11(3,4)6-15/h7,15H,5-6H2,1-4H3,(H,12,13,14). The fourth-order valence-electron chi connectivity index (χ4n) is 1.20. The molecule has 1 rings (SSSR count). The number of nitrogens with zero attached hydrogens (tertiary/aromatic N) is 2. The Bertz CT molecular complexity index is 353. The zero-order valence-corrected chi connectivity index (χ0v) is 10.2. The third kappa shape index (κ3) is 3.06. The molecule has 0 saturated heterocycles. The largest absolute Gasteiger partial charge is 0.478 e. The fraction of sp³-hybridized carbons (Fsp3) is 0.636. The molecule has 5 nitrogen and oxygen atoms in total. The first-order valence-electron chi connectivity index (χ1n) is 5.33. The number of hydrogen-bond donors (Lipinski definition) is 2. The molecule has 0 saturated carbocycles. The van der Waals surface area contributed by atoms with Crippen molar-refractivity contribution in [3.8, 4) is 5.88 Å². The molecule has 0 unspecified atom stereocenters. The fourth-order valence-corrected chi connectivity index (χ4v) is 1.20. The molecule has 90 valence electrons. The molecule has 1 aromatic heterocycles. The lowest BCUT2D eigenvalue weighted by Gasteiger charge is -2.25. The molecule has 0 atom stereocenters. The second kappa shape index (κ2) is 5.12. The normalized spacial score (nSPS) is 11.3. The highest BCUT2D eigenvalue weighted by atomic mass is 16.5. The van der Waals surface area contributed by atoms with Crippen LogP contribution in [0.2, 0.25) is 0 Å². The molecule has 2 N–H and O–H groups in total. The summed E-state index contributed by atoms with van der Waals surface area (Å²) in [6, 6.07) is 0. The van der Waals surface area contributed by atoms with Gasteiger partial charge in [0.2, 0.25) is 5.88 Å². The Morgan fingerprint density at radius 2 is 2.12 bits per heavy atom. The Balaban J connectivity index is 2.93. The monoisotopic (exact) mass is 225 g/mol. The molecular formula is C11H19N3O2. The smallest absolute Gasteiger partial charge is 0.221 e. The van der Waals surface area contributed by atoms with Crippen LogP contribution in [0.1, 0.15) is 26.3 Å². The highest BCUT2D eigenvalue weighted by Gasteiger charge is 2.18. The summed E-state index contributed by atoms with van der Waals surface area (Å²) in [6.45, 7) is 8.19. The Labute approximate surface area is 95.9 Å². The highest BCUT2D eigenvalue weighted by molar-refractivity contribution is 5.49. The highest BCUT2D eigenvalue weighted by Crippen LogP contribution is 2.22. The van der Waals surface area contributed by atoms with Gasteiger partial charge in [0.1, 0.15) is 12.1 Å². The average molecular weight is 225 g/mol. The summed E-state index contributed by atoms with van der Waals surface area (Å²) in [4.78, 5) is 8.19. The van der Waals surface area contributed by atoms with E-state index in [4.69, 9.17) is 4.74 Å². The Morgan fingerprint density at radius 1 is 1.44 bits per heavy atom. The molecule has 0 radical (unpaired) electrons. The topological polar surface area (TPSA) is 67.3 Å². The Morgan fingerprint density at radius 3 is 2.69 bits per heavy atom. The van der Waals surface area contributed by atoms with E-state index in [1.54, 1.807) is 0 Å². The molecule has 0 aromatic carbocycles. The Kier molecular flexibility index (Phi) is 4.06. The van der Waals surface area contributed by atoms with E-state index in [0.29, 0.717) is 18.3 Å². The lowest BCUT2D eigenvalue weighted by Crippen LogP contribution is -2.35. The van der Waals surface area contributed by atoms with Crippen molar-refractivity contribution < 1.29 is 9.84 Å². The van der Waals surface area contributed by atoms with Crippen molar-refractivity contribution in [3.63, 3.8) is 0 Å². The number of nitrogens with one attached hydrogen (secondary N) is 1. The summed E-state index contributed by atoms with van der Waals surface area (Å²) in [7, 11) is 0. The van der Waals surface area contributed by atoms with E-state index < -0.39 is 5.54 Å². The zero-order chi connectivity index (χ0) is 12.2. The lowest BCUT2D eigenvalue weighted by atomic mass is 10.1. The summed E-state index contributed by atoms with van der Waals surface area (Å²) in [5.74, 6) is 1.27. The summed E-state index contributed by atoms with van der Waals surface area (Å²) in [6.07, 6.45) is 1.45. The van der Waals surface area contributed by atoms with Gasteiger partial charge in [-0.15, -0.1) is 0 Å². The molecule has 5 heteroatoms.